The zero-order chi connectivity index (χ0) is 13.4. The van der Waals surface area contributed by atoms with Crippen LogP contribution in [0.5, 0.6) is 0 Å². The van der Waals surface area contributed by atoms with Crippen LogP contribution in [-0.2, 0) is 14.1 Å². The van der Waals surface area contributed by atoms with Crippen LogP contribution in [0.3, 0.4) is 0 Å². The van der Waals surface area contributed by atoms with Crippen LogP contribution < -0.4 is 5.32 Å². The normalized spacial score (nSPS) is 12.8. The summed E-state index contributed by atoms with van der Waals surface area (Å²) >= 11 is 0. The highest BCUT2D eigenvalue weighted by Gasteiger charge is 2.14. The van der Waals surface area contributed by atoms with Crippen LogP contribution in [0.4, 0.5) is 5.95 Å². The van der Waals surface area contributed by atoms with Gasteiger partial charge in [0, 0.05) is 14.1 Å². The standard InChI is InChI=1S/C13H16N6/c1-9(12-17-14-8-18(12)2)15-13-16-10-6-4-5-7-11(10)19(13)3/h4-9H,1-3H3,(H,15,16). The van der Waals surface area contributed by atoms with Crippen molar-refractivity contribution in [3.8, 4) is 0 Å². The van der Waals surface area contributed by atoms with Gasteiger partial charge in [-0.3, -0.25) is 0 Å². The van der Waals surface area contributed by atoms with Crippen molar-refractivity contribution in [3.05, 3.63) is 36.4 Å². The molecule has 0 aliphatic heterocycles. The summed E-state index contributed by atoms with van der Waals surface area (Å²) in [6.45, 7) is 2.04. The van der Waals surface area contributed by atoms with E-state index >= 15 is 0 Å². The Labute approximate surface area is 111 Å². The van der Waals surface area contributed by atoms with Crippen molar-refractivity contribution in [2.45, 2.75) is 13.0 Å². The Hall–Kier alpha value is -2.37. The van der Waals surface area contributed by atoms with E-state index in [-0.39, 0.29) is 6.04 Å². The molecule has 6 heteroatoms. The number of nitrogens with one attached hydrogen (secondary N) is 1. The lowest BCUT2D eigenvalue weighted by atomic mass is 10.3. The summed E-state index contributed by atoms with van der Waals surface area (Å²) < 4.78 is 3.95. The van der Waals surface area contributed by atoms with Gasteiger partial charge in [0.1, 0.15) is 6.33 Å². The molecule has 3 rings (SSSR count). The van der Waals surface area contributed by atoms with Crippen LogP contribution >= 0.6 is 0 Å². The molecule has 0 spiro atoms. The Morgan fingerprint density at radius 2 is 2.00 bits per heavy atom. The van der Waals surface area contributed by atoms with Gasteiger partial charge in [0.05, 0.1) is 17.1 Å². The highest BCUT2D eigenvalue weighted by molar-refractivity contribution is 5.78. The topological polar surface area (TPSA) is 60.6 Å². The quantitative estimate of drug-likeness (QED) is 0.777. The Balaban J connectivity index is 1.93. The molecule has 0 bridgehead atoms. The van der Waals surface area contributed by atoms with Gasteiger partial charge in [0.25, 0.3) is 0 Å². The zero-order valence-corrected chi connectivity index (χ0v) is 11.2. The molecular weight excluding hydrogens is 240 g/mol. The fraction of sp³-hybridized carbons (Fsp3) is 0.308. The summed E-state index contributed by atoms with van der Waals surface area (Å²) in [5.74, 6) is 1.71. The molecule has 1 N–H and O–H groups in total. The van der Waals surface area contributed by atoms with E-state index in [1.54, 1.807) is 6.33 Å². The summed E-state index contributed by atoms with van der Waals surface area (Å²) in [7, 11) is 3.93. The van der Waals surface area contributed by atoms with Crippen LogP contribution in [0.25, 0.3) is 11.0 Å². The largest absolute Gasteiger partial charge is 0.346 e. The minimum absolute atomic E-state index is 0.0445. The molecule has 0 radical (unpaired) electrons. The first-order valence-electron chi connectivity index (χ1n) is 6.18. The Kier molecular flexibility index (Phi) is 2.70. The van der Waals surface area contributed by atoms with Gasteiger partial charge >= 0.3 is 0 Å². The first-order chi connectivity index (χ1) is 9.16. The molecule has 0 aliphatic rings. The second-order valence-corrected chi connectivity index (χ2v) is 4.65. The molecule has 0 aliphatic carbocycles. The van der Waals surface area contributed by atoms with E-state index in [0.717, 1.165) is 22.8 Å². The van der Waals surface area contributed by atoms with Crippen LogP contribution in [0.1, 0.15) is 18.8 Å². The molecule has 0 amide bonds. The number of hydrogen-bond donors (Lipinski definition) is 1. The van der Waals surface area contributed by atoms with E-state index in [2.05, 4.69) is 26.6 Å². The third-order valence-electron chi connectivity index (χ3n) is 3.27. The average molecular weight is 256 g/mol. The number of para-hydroxylation sites is 2. The fourth-order valence-corrected chi connectivity index (χ4v) is 2.22. The molecule has 0 fully saturated rings. The number of benzene rings is 1. The summed E-state index contributed by atoms with van der Waals surface area (Å²) in [6, 6.07) is 8.11. The summed E-state index contributed by atoms with van der Waals surface area (Å²) in [5.41, 5.74) is 2.09. The van der Waals surface area contributed by atoms with Crippen molar-refractivity contribution in [3.63, 3.8) is 0 Å². The lowest BCUT2D eigenvalue weighted by molar-refractivity contribution is 0.707. The van der Waals surface area contributed by atoms with Crippen molar-refractivity contribution in [1.29, 1.82) is 0 Å². The SMILES string of the molecule is CC(Nc1nc2ccccc2n1C)c1nncn1C. The number of aryl methyl sites for hydroxylation is 2. The molecule has 19 heavy (non-hydrogen) atoms. The van der Waals surface area contributed by atoms with Crippen molar-refractivity contribution in [1.82, 2.24) is 24.3 Å². The molecule has 0 saturated heterocycles. The lowest BCUT2D eigenvalue weighted by Crippen LogP contribution is -2.14. The monoisotopic (exact) mass is 256 g/mol. The lowest BCUT2D eigenvalue weighted by Gasteiger charge is -2.13. The van der Waals surface area contributed by atoms with Crippen LogP contribution in [0, 0.1) is 0 Å². The van der Waals surface area contributed by atoms with E-state index in [9.17, 15) is 0 Å². The van der Waals surface area contributed by atoms with Gasteiger partial charge in [-0.15, -0.1) is 10.2 Å². The van der Waals surface area contributed by atoms with Crippen molar-refractivity contribution >= 4 is 17.0 Å². The molecule has 1 aromatic carbocycles. The minimum Gasteiger partial charge on any atom is -0.346 e. The van der Waals surface area contributed by atoms with Crippen molar-refractivity contribution < 1.29 is 0 Å². The third-order valence-corrected chi connectivity index (χ3v) is 3.27. The number of rotatable bonds is 3. The number of imidazole rings is 1. The first-order valence-corrected chi connectivity index (χ1v) is 6.18. The minimum atomic E-state index is 0.0445. The smallest absolute Gasteiger partial charge is 0.204 e. The van der Waals surface area contributed by atoms with E-state index in [4.69, 9.17) is 0 Å². The van der Waals surface area contributed by atoms with Gasteiger partial charge in [-0.2, -0.15) is 0 Å². The highest BCUT2D eigenvalue weighted by atomic mass is 15.3. The van der Waals surface area contributed by atoms with E-state index in [0.29, 0.717) is 0 Å². The summed E-state index contributed by atoms with van der Waals surface area (Å²) in [5, 5.41) is 11.4. The average Bonchev–Trinajstić information content (AvgIpc) is 2.95. The molecule has 2 aromatic heterocycles. The van der Waals surface area contributed by atoms with Gasteiger partial charge in [0.2, 0.25) is 5.95 Å². The van der Waals surface area contributed by atoms with Crippen LogP contribution in [-0.4, -0.2) is 24.3 Å². The Morgan fingerprint density at radius 3 is 2.68 bits per heavy atom. The first kappa shape index (κ1) is 11.7. The maximum absolute atomic E-state index is 4.59. The molecule has 98 valence electrons. The number of anilines is 1. The second kappa shape index (κ2) is 4.38. The van der Waals surface area contributed by atoms with E-state index < -0.39 is 0 Å². The predicted octanol–water partition coefficient (Wildman–Crippen LogP) is 1.87. The maximum atomic E-state index is 4.59. The summed E-state index contributed by atoms with van der Waals surface area (Å²) in [6.07, 6.45) is 1.70. The molecular formula is C13H16N6. The number of hydrogen-bond acceptors (Lipinski definition) is 4. The maximum Gasteiger partial charge on any atom is 0.204 e. The van der Waals surface area contributed by atoms with Gasteiger partial charge in [-0.1, -0.05) is 12.1 Å². The Bertz CT molecular complexity index is 711. The zero-order valence-electron chi connectivity index (χ0n) is 11.2. The van der Waals surface area contributed by atoms with Gasteiger partial charge in [-0.25, -0.2) is 4.98 Å². The second-order valence-electron chi connectivity index (χ2n) is 4.65. The van der Waals surface area contributed by atoms with E-state index in [1.165, 1.54) is 0 Å². The number of fused-ring (bicyclic) bond motifs is 1. The number of nitrogens with zero attached hydrogens (tertiary/aromatic N) is 5. The van der Waals surface area contributed by atoms with E-state index in [1.807, 2.05) is 48.4 Å². The molecule has 1 unspecified atom stereocenters. The fourth-order valence-electron chi connectivity index (χ4n) is 2.22. The molecule has 3 aromatic rings. The van der Waals surface area contributed by atoms with Crippen molar-refractivity contribution in [2.24, 2.45) is 14.1 Å². The van der Waals surface area contributed by atoms with Gasteiger partial charge < -0.3 is 14.5 Å². The van der Waals surface area contributed by atoms with Crippen LogP contribution in [0.15, 0.2) is 30.6 Å². The predicted molar refractivity (Wildman–Crippen MR) is 73.8 cm³/mol. The van der Waals surface area contributed by atoms with Crippen molar-refractivity contribution in [2.75, 3.05) is 5.32 Å². The molecule has 1 atom stereocenters. The third kappa shape index (κ3) is 1.95. The Morgan fingerprint density at radius 1 is 1.21 bits per heavy atom. The van der Waals surface area contributed by atoms with Gasteiger partial charge in [-0.05, 0) is 19.1 Å². The summed E-state index contributed by atoms with van der Waals surface area (Å²) in [4.78, 5) is 4.59. The van der Waals surface area contributed by atoms with Gasteiger partial charge in [0.15, 0.2) is 5.82 Å². The molecule has 2 heterocycles. The molecule has 0 saturated carbocycles. The highest BCUT2D eigenvalue weighted by Crippen LogP contribution is 2.21. The number of aromatic nitrogens is 5. The molecule has 6 nitrogen and oxygen atoms in total. The van der Waals surface area contributed by atoms with Crippen LogP contribution in [0.2, 0.25) is 0 Å².